The summed E-state index contributed by atoms with van der Waals surface area (Å²) in [7, 11) is 1.58. The van der Waals surface area contributed by atoms with Crippen molar-refractivity contribution in [3.8, 4) is 17.1 Å². The highest BCUT2D eigenvalue weighted by molar-refractivity contribution is 5.92. The van der Waals surface area contributed by atoms with Gasteiger partial charge in [-0.25, -0.2) is 4.39 Å². The molecule has 5 heteroatoms. The van der Waals surface area contributed by atoms with Crippen LogP contribution in [0.25, 0.3) is 11.3 Å². The van der Waals surface area contributed by atoms with Gasteiger partial charge < -0.3 is 14.5 Å². The van der Waals surface area contributed by atoms with Crippen LogP contribution in [0, 0.1) is 5.82 Å². The molecule has 3 aromatic rings. The minimum absolute atomic E-state index is 0.125. The lowest BCUT2D eigenvalue weighted by Crippen LogP contribution is -2.26. The molecular formula is C20H18FNO3. The SMILES string of the molecule is COc1ccccc1[C@H](C)NC(=O)c1ccc(-c2ccccc2F)o1. The number of para-hydroxylation sites is 1. The van der Waals surface area contributed by atoms with Gasteiger partial charge in [0, 0.05) is 5.56 Å². The Morgan fingerprint density at radius 2 is 1.80 bits per heavy atom. The molecule has 0 radical (unpaired) electrons. The first-order valence-electron chi connectivity index (χ1n) is 7.88. The van der Waals surface area contributed by atoms with Gasteiger partial charge in [0.15, 0.2) is 5.76 Å². The lowest BCUT2D eigenvalue weighted by atomic mass is 10.1. The Kier molecular flexibility index (Phi) is 4.84. The number of furan rings is 1. The second-order valence-corrected chi connectivity index (χ2v) is 5.58. The molecule has 1 heterocycles. The van der Waals surface area contributed by atoms with Crippen LogP contribution in [0.1, 0.15) is 29.1 Å². The third-order valence-corrected chi connectivity index (χ3v) is 3.92. The van der Waals surface area contributed by atoms with Gasteiger partial charge in [0.1, 0.15) is 17.3 Å². The first kappa shape index (κ1) is 16.8. The Morgan fingerprint density at radius 3 is 2.56 bits per heavy atom. The van der Waals surface area contributed by atoms with Gasteiger partial charge in [0.05, 0.1) is 18.7 Å². The van der Waals surface area contributed by atoms with Gasteiger partial charge in [-0.2, -0.15) is 0 Å². The number of benzene rings is 2. The highest BCUT2D eigenvalue weighted by Gasteiger charge is 2.18. The maximum absolute atomic E-state index is 13.8. The predicted octanol–water partition coefficient (Wildman–Crippen LogP) is 4.59. The molecule has 0 fully saturated rings. The summed E-state index contributed by atoms with van der Waals surface area (Å²) in [4.78, 5) is 12.4. The van der Waals surface area contributed by atoms with Crippen LogP contribution in [-0.4, -0.2) is 13.0 Å². The van der Waals surface area contributed by atoms with Crippen LogP contribution >= 0.6 is 0 Å². The third-order valence-electron chi connectivity index (χ3n) is 3.92. The number of methoxy groups -OCH3 is 1. The average Bonchev–Trinajstić information content (AvgIpc) is 3.12. The van der Waals surface area contributed by atoms with Gasteiger partial charge in [-0.15, -0.1) is 0 Å². The Hall–Kier alpha value is -3.08. The van der Waals surface area contributed by atoms with E-state index in [2.05, 4.69) is 5.32 Å². The van der Waals surface area contributed by atoms with Crippen molar-refractivity contribution in [2.75, 3.05) is 7.11 Å². The van der Waals surface area contributed by atoms with E-state index in [0.29, 0.717) is 17.1 Å². The Balaban J connectivity index is 1.77. The highest BCUT2D eigenvalue weighted by Crippen LogP contribution is 2.27. The van der Waals surface area contributed by atoms with Crippen LogP contribution < -0.4 is 10.1 Å². The van der Waals surface area contributed by atoms with Gasteiger partial charge in [-0.3, -0.25) is 4.79 Å². The van der Waals surface area contributed by atoms with Crippen molar-refractivity contribution in [3.63, 3.8) is 0 Å². The maximum atomic E-state index is 13.8. The van der Waals surface area contributed by atoms with Crippen molar-refractivity contribution in [2.45, 2.75) is 13.0 Å². The molecule has 1 atom stereocenters. The molecule has 0 aliphatic heterocycles. The van der Waals surface area contributed by atoms with Crippen LogP contribution in [0.2, 0.25) is 0 Å². The number of halogens is 1. The van der Waals surface area contributed by atoms with E-state index in [1.54, 1.807) is 31.4 Å². The van der Waals surface area contributed by atoms with Gasteiger partial charge >= 0.3 is 0 Å². The summed E-state index contributed by atoms with van der Waals surface area (Å²) in [6.07, 6.45) is 0. The minimum Gasteiger partial charge on any atom is -0.496 e. The average molecular weight is 339 g/mol. The van der Waals surface area contributed by atoms with E-state index < -0.39 is 5.82 Å². The van der Waals surface area contributed by atoms with E-state index in [4.69, 9.17) is 9.15 Å². The zero-order valence-electron chi connectivity index (χ0n) is 14.0. The number of carbonyl (C=O) groups is 1. The van der Waals surface area contributed by atoms with Crippen LogP contribution in [0.4, 0.5) is 4.39 Å². The second-order valence-electron chi connectivity index (χ2n) is 5.58. The Morgan fingerprint density at radius 1 is 1.08 bits per heavy atom. The summed E-state index contributed by atoms with van der Waals surface area (Å²) in [6.45, 7) is 1.86. The molecule has 25 heavy (non-hydrogen) atoms. The van der Waals surface area contributed by atoms with Crippen molar-refractivity contribution in [1.29, 1.82) is 0 Å². The normalized spacial score (nSPS) is 11.8. The number of carbonyl (C=O) groups excluding carboxylic acids is 1. The molecule has 3 rings (SSSR count). The monoisotopic (exact) mass is 339 g/mol. The smallest absolute Gasteiger partial charge is 0.287 e. The van der Waals surface area contributed by atoms with Crippen LogP contribution in [0.5, 0.6) is 5.75 Å². The molecule has 0 bridgehead atoms. The molecule has 1 amide bonds. The number of hydrogen-bond donors (Lipinski definition) is 1. The molecule has 4 nitrogen and oxygen atoms in total. The first-order valence-corrected chi connectivity index (χ1v) is 7.88. The fraction of sp³-hybridized carbons (Fsp3) is 0.150. The van der Waals surface area contributed by atoms with E-state index in [-0.39, 0.29) is 17.7 Å². The summed E-state index contributed by atoms with van der Waals surface area (Å²) >= 11 is 0. The largest absolute Gasteiger partial charge is 0.496 e. The van der Waals surface area contributed by atoms with Crippen LogP contribution in [0.3, 0.4) is 0 Å². The Bertz CT molecular complexity index is 888. The molecule has 128 valence electrons. The number of amides is 1. The van der Waals surface area contributed by atoms with Crippen LogP contribution in [-0.2, 0) is 0 Å². The molecule has 0 saturated heterocycles. The highest BCUT2D eigenvalue weighted by atomic mass is 19.1. The van der Waals surface area contributed by atoms with E-state index in [1.165, 1.54) is 12.1 Å². The van der Waals surface area contributed by atoms with Gasteiger partial charge in [-0.05, 0) is 37.3 Å². The Labute approximate surface area is 145 Å². The number of rotatable bonds is 5. The van der Waals surface area contributed by atoms with Gasteiger partial charge in [0.2, 0.25) is 0 Å². The topological polar surface area (TPSA) is 51.5 Å². The van der Waals surface area contributed by atoms with Crippen molar-refractivity contribution in [3.05, 3.63) is 77.8 Å². The van der Waals surface area contributed by atoms with Crippen molar-refractivity contribution in [2.24, 2.45) is 0 Å². The lowest BCUT2D eigenvalue weighted by Gasteiger charge is -2.16. The number of nitrogens with one attached hydrogen (secondary N) is 1. The van der Waals surface area contributed by atoms with Gasteiger partial charge in [0.25, 0.3) is 5.91 Å². The molecule has 0 unspecified atom stereocenters. The standard InChI is InChI=1S/C20H18FNO3/c1-13(14-7-4-6-10-17(14)24-2)22-20(23)19-12-11-18(25-19)15-8-3-5-9-16(15)21/h3-13H,1-2H3,(H,22,23)/t13-/m0/s1. The number of ether oxygens (including phenoxy) is 1. The molecule has 0 spiro atoms. The molecule has 0 saturated carbocycles. The van der Waals surface area contributed by atoms with E-state index in [0.717, 1.165) is 5.56 Å². The second kappa shape index (κ2) is 7.21. The van der Waals surface area contributed by atoms with Crippen molar-refractivity contribution < 1.29 is 18.3 Å². The van der Waals surface area contributed by atoms with E-state index >= 15 is 0 Å². The fourth-order valence-electron chi connectivity index (χ4n) is 2.64. The third kappa shape index (κ3) is 3.55. The predicted molar refractivity (Wildman–Crippen MR) is 93.0 cm³/mol. The molecule has 1 aromatic heterocycles. The fourth-order valence-corrected chi connectivity index (χ4v) is 2.64. The lowest BCUT2D eigenvalue weighted by molar-refractivity contribution is 0.0912. The molecule has 2 aromatic carbocycles. The summed E-state index contributed by atoms with van der Waals surface area (Å²) < 4.78 is 24.7. The molecule has 0 aliphatic carbocycles. The zero-order valence-corrected chi connectivity index (χ0v) is 14.0. The van der Waals surface area contributed by atoms with Crippen molar-refractivity contribution in [1.82, 2.24) is 5.32 Å². The molecule has 1 N–H and O–H groups in total. The van der Waals surface area contributed by atoms with Gasteiger partial charge in [-0.1, -0.05) is 30.3 Å². The first-order chi connectivity index (χ1) is 12.1. The summed E-state index contributed by atoms with van der Waals surface area (Å²) in [5, 5.41) is 2.86. The zero-order chi connectivity index (χ0) is 17.8. The molecular weight excluding hydrogens is 321 g/mol. The molecule has 0 aliphatic rings. The number of hydrogen-bond acceptors (Lipinski definition) is 3. The quantitative estimate of drug-likeness (QED) is 0.740. The van der Waals surface area contributed by atoms with Crippen LogP contribution in [0.15, 0.2) is 65.1 Å². The minimum atomic E-state index is -0.397. The summed E-state index contributed by atoms with van der Waals surface area (Å²) in [6, 6.07) is 16.6. The van der Waals surface area contributed by atoms with E-state index in [9.17, 15) is 9.18 Å². The van der Waals surface area contributed by atoms with E-state index in [1.807, 2.05) is 31.2 Å². The summed E-state index contributed by atoms with van der Waals surface area (Å²) in [5.41, 5.74) is 1.18. The maximum Gasteiger partial charge on any atom is 0.287 e. The summed E-state index contributed by atoms with van der Waals surface area (Å²) in [5.74, 6) is 0.363. The van der Waals surface area contributed by atoms with Crippen molar-refractivity contribution >= 4 is 5.91 Å².